The molecule has 0 fully saturated rings. The summed E-state index contributed by atoms with van der Waals surface area (Å²) in [6, 6.07) is 13.7. The molecule has 3 rings (SSSR count). The Morgan fingerprint density at radius 2 is 1.90 bits per heavy atom. The van der Waals surface area contributed by atoms with Gasteiger partial charge in [-0.3, -0.25) is 9.59 Å². The molecule has 3 aromatic rings. The van der Waals surface area contributed by atoms with Crippen LogP contribution in [0.15, 0.2) is 53.9 Å². The Morgan fingerprint density at radius 1 is 1.21 bits per heavy atom. The van der Waals surface area contributed by atoms with Crippen molar-refractivity contribution in [1.29, 1.82) is 0 Å². The number of hydrogen-bond donors (Lipinski definition) is 2. The maximum atomic E-state index is 12.1. The van der Waals surface area contributed by atoms with E-state index in [1.54, 1.807) is 12.1 Å². The molecule has 1 heterocycles. The summed E-state index contributed by atoms with van der Waals surface area (Å²) < 4.78 is 0. The van der Waals surface area contributed by atoms with Crippen LogP contribution in [0.3, 0.4) is 0 Å². The summed E-state index contributed by atoms with van der Waals surface area (Å²) in [7, 11) is 1.95. The van der Waals surface area contributed by atoms with Crippen LogP contribution in [0.4, 0.5) is 5.13 Å². The molecule has 0 bridgehead atoms. The van der Waals surface area contributed by atoms with Gasteiger partial charge in [-0.1, -0.05) is 41.9 Å². The lowest BCUT2D eigenvalue weighted by Crippen LogP contribution is -2.38. The quantitative estimate of drug-likeness (QED) is 0.585. The van der Waals surface area contributed by atoms with E-state index in [4.69, 9.17) is 16.7 Å². The van der Waals surface area contributed by atoms with E-state index in [0.29, 0.717) is 17.1 Å². The normalized spacial score (nSPS) is 11.7. The largest absolute Gasteiger partial charge is 0.480 e. The molecular weight excluding hydrogens is 410 g/mol. The molecule has 1 aromatic heterocycles. The molecule has 0 aliphatic rings. The highest BCUT2D eigenvalue weighted by Gasteiger charge is 2.15. The first-order valence-corrected chi connectivity index (χ1v) is 10.1. The number of nitrogens with one attached hydrogen (secondary N) is 1. The van der Waals surface area contributed by atoms with E-state index in [1.807, 2.05) is 53.7 Å². The van der Waals surface area contributed by atoms with Gasteiger partial charge in [0.05, 0.1) is 5.69 Å². The van der Waals surface area contributed by atoms with Crippen molar-refractivity contribution in [3.8, 4) is 11.3 Å². The Labute approximate surface area is 177 Å². The maximum Gasteiger partial charge on any atom is 0.325 e. The van der Waals surface area contributed by atoms with Crippen LogP contribution in [-0.2, 0) is 11.3 Å². The van der Waals surface area contributed by atoms with Crippen molar-refractivity contribution in [3.63, 3.8) is 0 Å². The molecule has 0 saturated carbocycles. The van der Waals surface area contributed by atoms with Gasteiger partial charge in [-0.05, 0) is 30.7 Å². The van der Waals surface area contributed by atoms with Gasteiger partial charge in [0.25, 0.3) is 5.91 Å². The van der Waals surface area contributed by atoms with Crippen molar-refractivity contribution in [2.75, 3.05) is 11.9 Å². The molecule has 1 unspecified atom stereocenters. The van der Waals surface area contributed by atoms with Gasteiger partial charge in [-0.2, -0.15) is 0 Å². The lowest BCUT2D eigenvalue weighted by Gasteiger charge is -2.16. The fourth-order valence-corrected chi connectivity index (χ4v) is 3.70. The first kappa shape index (κ1) is 20.8. The van der Waals surface area contributed by atoms with Crippen LogP contribution in [-0.4, -0.2) is 35.1 Å². The standard InChI is InChI=1S/C21H20ClN3O3S/c1-13(20(27)28)23-19(26)15-9-7-14(8-10-15)11-25(2)21-24-18(12-29-21)16-5-3-4-6-17(16)22/h3-10,12-13H,11H2,1-2H3,(H,23,26)(H,27,28). The third kappa shape index (κ3) is 5.13. The van der Waals surface area contributed by atoms with Gasteiger partial charge in [0, 0.05) is 35.1 Å². The Balaban J connectivity index is 1.65. The number of amides is 1. The van der Waals surface area contributed by atoms with Crippen LogP contribution < -0.4 is 10.2 Å². The molecule has 6 nitrogen and oxygen atoms in total. The maximum absolute atomic E-state index is 12.1. The van der Waals surface area contributed by atoms with E-state index >= 15 is 0 Å². The number of halogens is 1. The number of carbonyl (C=O) groups excluding carboxylic acids is 1. The zero-order chi connectivity index (χ0) is 21.0. The molecule has 1 amide bonds. The van der Waals surface area contributed by atoms with Gasteiger partial charge >= 0.3 is 5.97 Å². The second-order valence-corrected chi connectivity index (χ2v) is 7.83. The van der Waals surface area contributed by atoms with Gasteiger partial charge in [0.15, 0.2) is 5.13 Å². The van der Waals surface area contributed by atoms with Crippen molar-refractivity contribution in [3.05, 3.63) is 70.1 Å². The summed E-state index contributed by atoms with van der Waals surface area (Å²) in [4.78, 5) is 29.6. The Bertz CT molecular complexity index is 1020. The molecule has 29 heavy (non-hydrogen) atoms. The van der Waals surface area contributed by atoms with Gasteiger partial charge in [-0.15, -0.1) is 11.3 Å². The van der Waals surface area contributed by atoms with Gasteiger partial charge in [0.2, 0.25) is 0 Å². The monoisotopic (exact) mass is 429 g/mol. The van der Waals surface area contributed by atoms with Crippen molar-refractivity contribution in [2.24, 2.45) is 0 Å². The van der Waals surface area contributed by atoms with Gasteiger partial charge < -0.3 is 15.3 Å². The van der Waals surface area contributed by atoms with Crippen LogP contribution >= 0.6 is 22.9 Å². The molecule has 8 heteroatoms. The third-order valence-electron chi connectivity index (χ3n) is 4.32. The van der Waals surface area contributed by atoms with E-state index in [2.05, 4.69) is 10.3 Å². The smallest absolute Gasteiger partial charge is 0.325 e. The van der Waals surface area contributed by atoms with Crippen LogP contribution in [0, 0.1) is 0 Å². The Morgan fingerprint density at radius 3 is 2.55 bits per heavy atom. The van der Waals surface area contributed by atoms with Crippen molar-refractivity contribution < 1.29 is 14.7 Å². The highest BCUT2D eigenvalue weighted by Crippen LogP contribution is 2.31. The second-order valence-electron chi connectivity index (χ2n) is 6.58. The molecule has 150 valence electrons. The number of benzene rings is 2. The Kier molecular flexibility index (Phi) is 6.51. The number of aliphatic carboxylic acids is 1. The van der Waals surface area contributed by atoms with E-state index in [0.717, 1.165) is 22.0 Å². The minimum atomic E-state index is -1.07. The fourth-order valence-electron chi connectivity index (χ4n) is 2.68. The minimum Gasteiger partial charge on any atom is -0.480 e. The molecule has 0 aliphatic heterocycles. The number of hydrogen-bond acceptors (Lipinski definition) is 5. The van der Waals surface area contributed by atoms with Crippen molar-refractivity contribution in [1.82, 2.24) is 10.3 Å². The van der Waals surface area contributed by atoms with Crippen LogP contribution in [0.1, 0.15) is 22.8 Å². The number of carboxylic acids is 1. The van der Waals surface area contributed by atoms with Crippen molar-refractivity contribution in [2.45, 2.75) is 19.5 Å². The zero-order valence-corrected chi connectivity index (χ0v) is 17.5. The summed E-state index contributed by atoms with van der Waals surface area (Å²) in [5, 5.41) is 14.8. The first-order chi connectivity index (χ1) is 13.8. The molecule has 2 N–H and O–H groups in total. The lowest BCUT2D eigenvalue weighted by molar-refractivity contribution is -0.138. The fraction of sp³-hybridized carbons (Fsp3) is 0.190. The molecule has 0 saturated heterocycles. The topological polar surface area (TPSA) is 82.5 Å². The summed E-state index contributed by atoms with van der Waals surface area (Å²) in [5.74, 6) is -1.49. The number of carbonyl (C=O) groups is 2. The number of aromatic nitrogens is 1. The first-order valence-electron chi connectivity index (χ1n) is 8.89. The van der Waals surface area contributed by atoms with Gasteiger partial charge in [0.1, 0.15) is 6.04 Å². The molecular formula is C21H20ClN3O3S. The van der Waals surface area contributed by atoms with Crippen LogP contribution in [0.5, 0.6) is 0 Å². The zero-order valence-electron chi connectivity index (χ0n) is 15.9. The number of nitrogens with zero attached hydrogens (tertiary/aromatic N) is 2. The highest BCUT2D eigenvalue weighted by atomic mass is 35.5. The predicted molar refractivity (Wildman–Crippen MR) is 116 cm³/mol. The number of anilines is 1. The average molecular weight is 430 g/mol. The van der Waals surface area contributed by atoms with Crippen LogP contribution in [0.25, 0.3) is 11.3 Å². The summed E-state index contributed by atoms with van der Waals surface area (Å²) >= 11 is 7.79. The Hall–Kier alpha value is -2.90. The molecule has 0 radical (unpaired) electrons. The average Bonchev–Trinajstić information content (AvgIpc) is 3.19. The van der Waals surface area contributed by atoms with Crippen molar-refractivity contribution >= 4 is 39.9 Å². The minimum absolute atomic E-state index is 0.413. The predicted octanol–water partition coefficient (Wildman–Crippen LogP) is 4.30. The lowest BCUT2D eigenvalue weighted by atomic mass is 10.1. The van der Waals surface area contributed by atoms with E-state index < -0.39 is 17.9 Å². The highest BCUT2D eigenvalue weighted by molar-refractivity contribution is 7.14. The third-order valence-corrected chi connectivity index (χ3v) is 5.61. The van der Waals surface area contributed by atoms with E-state index in [-0.39, 0.29) is 0 Å². The van der Waals surface area contributed by atoms with E-state index in [1.165, 1.54) is 18.3 Å². The number of carboxylic acid groups (broad SMARTS) is 1. The summed E-state index contributed by atoms with van der Waals surface area (Å²) in [6.45, 7) is 2.04. The SMILES string of the molecule is CC(NC(=O)c1ccc(CN(C)c2nc(-c3ccccc3Cl)cs2)cc1)C(=O)O. The van der Waals surface area contributed by atoms with Gasteiger partial charge in [-0.25, -0.2) is 4.98 Å². The second kappa shape index (κ2) is 9.07. The number of rotatable bonds is 7. The summed E-state index contributed by atoms with van der Waals surface area (Å²) in [6.07, 6.45) is 0. The van der Waals surface area contributed by atoms with E-state index in [9.17, 15) is 9.59 Å². The molecule has 2 aromatic carbocycles. The molecule has 0 spiro atoms. The molecule has 0 aliphatic carbocycles. The molecule has 1 atom stereocenters. The number of thiazole rings is 1. The summed E-state index contributed by atoms with van der Waals surface area (Å²) in [5.41, 5.74) is 3.16. The van der Waals surface area contributed by atoms with Crippen LogP contribution in [0.2, 0.25) is 5.02 Å².